The Hall–Kier alpha value is -7.92. The predicted octanol–water partition coefficient (Wildman–Crippen LogP) is 15.5. The number of carbonyl (C=O) groups is 2. The third kappa shape index (κ3) is 11.3. The number of unbranched alkanes of at least 4 members (excludes halogenated alkanes) is 1. The van der Waals surface area contributed by atoms with Crippen molar-refractivity contribution in [3.05, 3.63) is 225 Å². The quantitative estimate of drug-likeness (QED) is 0.0341. The lowest BCUT2D eigenvalue weighted by molar-refractivity contribution is -0.148. The molecule has 2 heterocycles. The first kappa shape index (κ1) is 51.6. The zero-order valence-electron chi connectivity index (χ0n) is 43.2. The second-order valence-electron chi connectivity index (χ2n) is 19.7. The summed E-state index contributed by atoms with van der Waals surface area (Å²) in [5.41, 5.74) is 8.15. The summed E-state index contributed by atoms with van der Waals surface area (Å²) < 4.78 is 27.7. The van der Waals surface area contributed by atoms with Gasteiger partial charge >= 0.3 is 11.9 Å². The van der Waals surface area contributed by atoms with E-state index in [1.807, 2.05) is 121 Å². The Kier molecular flexibility index (Phi) is 15.8. The van der Waals surface area contributed by atoms with Crippen LogP contribution in [-0.4, -0.2) is 38.4 Å². The summed E-state index contributed by atoms with van der Waals surface area (Å²) in [6, 6.07) is 60.6. The highest BCUT2D eigenvalue weighted by Crippen LogP contribution is 2.43. The molecule has 2 atom stereocenters. The van der Waals surface area contributed by atoms with Crippen LogP contribution in [0.3, 0.4) is 0 Å². The molecular weight excluding hydrogens is 985 g/mol. The second-order valence-corrected chi connectivity index (χ2v) is 23.6. The number of carbonyl (C=O) groups excluding carboxylic acids is 2. The second kappa shape index (κ2) is 23.3. The molecule has 0 fully saturated rings. The van der Waals surface area contributed by atoms with E-state index in [-0.39, 0.29) is 47.8 Å². The van der Waals surface area contributed by atoms with Crippen molar-refractivity contribution in [3.8, 4) is 33.8 Å². The van der Waals surface area contributed by atoms with Gasteiger partial charge in [-0.25, -0.2) is 9.59 Å². The van der Waals surface area contributed by atoms with Gasteiger partial charge in [0, 0.05) is 22.3 Å². The molecule has 8 aromatic carbocycles. The normalized spacial score (nSPS) is 12.0. The fourth-order valence-electron chi connectivity index (χ4n) is 9.71. The lowest BCUT2D eigenvalue weighted by Crippen LogP contribution is -2.17. The summed E-state index contributed by atoms with van der Waals surface area (Å²) in [6.45, 7) is 8.29. The molecule has 10 rings (SSSR count). The van der Waals surface area contributed by atoms with E-state index in [1.54, 1.807) is 0 Å². The van der Waals surface area contributed by atoms with Gasteiger partial charge in [-0.1, -0.05) is 143 Å². The molecule has 0 saturated carbocycles. The number of benzene rings is 8. The maximum Gasteiger partial charge on any atom is 0.344 e. The Bertz CT molecular complexity index is 3880. The summed E-state index contributed by atoms with van der Waals surface area (Å²) in [5, 5.41) is 3.05. The van der Waals surface area contributed by atoms with E-state index in [1.165, 1.54) is 0 Å². The number of ether oxygens (including phenoxy) is 4. The van der Waals surface area contributed by atoms with Gasteiger partial charge in [0.15, 0.2) is 43.5 Å². The van der Waals surface area contributed by atoms with Crippen molar-refractivity contribution in [2.24, 2.45) is 0 Å². The Morgan fingerprint density at radius 1 is 0.421 bits per heavy atom. The van der Waals surface area contributed by atoms with E-state index in [0.717, 1.165) is 84.9 Å². The zero-order chi connectivity index (χ0) is 52.7. The van der Waals surface area contributed by atoms with Gasteiger partial charge in [-0.05, 0) is 135 Å². The third-order valence-electron chi connectivity index (χ3n) is 13.8. The minimum Gasteiger partial charge on any atom is -0.481 e. The van der Waals surface area contributed by atoms with E-state index < -0.39 is 22.4 Å². The van der Waals surface area contributed by atoms with Crippen LogP contribution >= 0.6 is 20.9 Å². The maximum atomic E-state index is 13.8. The molecule has 0 aliphatic carbocycles. The molecule has 10 heteroatoms. The van der Waals surface area contributed by atoms with Crippen LogP contribution in [0, 0.1) is 0 Å². The van der Waals surface area contributed by atoms with Crippen LogP contribution in [0.15, 0.2) is 192 Å². The molecule has 8 nitrogen and oxygen atoms in total. The van der Waals surface area contributed by atoms with Crippen LogP contribution in [0.2, 0.25) is 0 Å². The largest absolute Gasteiger partial charge is 0.481 e. The molecular formula is C66H60O8S2+2. The Morgan fingerprint density at radius 3 is 1.37 bits per heavy atom. The van der Waals surface area contributed by atoms with Crippen LogP contribution < -0.4 is 20.3 Å². The fourth-order valence-corrected chi connectivity index (χ4v) is 14.5. The molecule has 0 radical (unpaired) electrons. The molecule has 0 aliphatic heterocycles. The third-order valence-corrected chi connectivity index (χ3v) is 18.6. The van der Waals surface area contributed by atoms with Crippen molar-refractivity contribution in [2.45, 2.75) is 63.9 Å². The van der Waals surface area contributed by atoms with Gasteiger partial charge in [0.25, 0.3) is 0 Å². The molecule has 10 aromatic rings. The van der Waals surface area contributed by atoms with Crippen molar-refractivity contribution in [1.82, 2.24) is 0 Å². The van der Waals surface area contributed by atoms with E-state index in [9.17, 15) is 19.2 Å². The Labute approximate surface area is 448 Å². The monoisotopic (exact) mass is 1040 g/mol. The zero-order valence-corrected chi connectivity index (χ0v) is 44.8. The summed E-state index contributed by atoms with van der Waals surface area (Å²) in [5.74, 6) is 2.08. The molecule has 382 valence electrons. The SMILES string of the molecule is CC(C)c1ccc2c(c1)c(=O)c1ccccc1[s+]2Cc1ccc(-c2ccccc2)c(OCC(=O)OCCCCOC(=O)COc2ccc(C[s+]3c4ccccc4c(=O)c4cc(C(C)C)ccc43)cc2-c2ccccc2)c1. The van der Waals surface area contributed by atoms with Gasteiger partial charge in [-0.3, -0.25) is 9.59 Å². The molecule has 2 unspecified atom stereocenters. The van der Waals surface area contributed by atoms with Crippen LogP contribution in [-0.2, 0) is 30.6 Å². The first-order valence-electron chi connectivity index (χ1n) is 25.9. The molecule has 0 amide bonds. The van der Waals surface area contributed by atoms with E-state index in [2.05, 4.69) is 88.4 Å². The summed E-state index contributed by atoms with van der Waals surface area (Å²) in [4.78, 5) is 53.7. The average Bonchev–Trinajstić information content (AvgIpc) is 3.48. The summed E-state index contributed by atoms with van der Waals surface area (Å²) >= 11 is 0. The van der Waals surface area contributed by atoms with Crippen LogP contribution in [0.1, 0.15) is 74.6 Å². The smallest absolute Gasteiger partial charge is 0.344 e. The highest BCUT2D eigenvalue weighted by molar-refractivity contribution is 7.42. The van der Waals surface area contributed by atoms with Crippen LogP contribution in [0.4, 0.5) is 0 Å². The molecule has 2 aromatic heterocycles. The maximum absolute atomic E-state index is 13.8. The topological polar surface area (TPSA) is 105 Å². The van der Waals surface area contributed by atoms with Crippen molar-refractivity contribution in [2.75, 3.05) is 26.4 Å². The highest BCUT2D eigenvalue weighted by atomic mass is 32.2. The standard InChI is InChI=1S/C66H60O8S2/c1-43(2)49-27-31-61-55(37-49)65(69)52-21-11-13-23-59(52)75(61)41-45-26-30-57(54(35-45)48-19-9-6-10-20-48)73-39-63(67)71-33-15-16-34-72-64(68)40-74-58-36-46(25-29-51(58)47-17-7-5-8-18-47)42-76-60-24-14-12-22-53(60)66(70)56-38-50(44(3)4)28-32-62(56)76/h5-14,17-32,35-38,43-44H,15-16,33-34,39-42H2,1-4H3/q+2. The van der Waals surface area contributed by atoms with E-state index in [4.69, 9.17) is 18.9 Å². The summed E-state index contributed by atoms with van der Waals surface area (Å²) in [6.07, 6.45) is 0.974. The number of esters is 2. The highest BCUT2D eigenvalue weighted by Gasteiger charge is 2.25. The Balaban J connectivity index is 0.750. The average molecular weight is 1050 g/mol. The van der Waals surface area contributed by atoms with Gasteiger partial charge in [0.1, 0.15) is 11.5 Å². The minimum atomic E-state index is -0.504. The van der Waals surface area contributed by atoms with Gasteiger partial charge in [0.05, 0.1) is 34.8 Å². The number of fused-ring (bicyclic) bond motifs is 4. The van der Waals surface area contributed by atoms with Gasteiger partial charge in [-0.15, -0.1) is 0 Å². The van der Waals surface area contributed by atoms with Gasteiger partial charge in [-0.2, -0.15) is 0 Å². The molecule has 0 aliphatic rings. The lowest BCUT2D eigenvalue weighted by Gasteiger charge is -2.14. The first-order valence-corrected chi connectivity index (χ1v) is 28.7. The number of hydrogen-bond acceptors (Lipinski definition) is 8. The Morgan fingerprint density at radius 2 is 0.855 bits per heavy atom. The van der Waals surface area contributed by atoms with Crippen molar-refractivity contribution >= 4 is 73.2 Å². The predicted molar refractivity (Wildman–Crippen MR) is 313 cm³/mol. The van der Waals surface area contributed by atoms with Crippen LogP contribution in [0.5, 0.6) is 11.5 Å². The van der Waals surface area contributed by atoms with Crippen LogP contribution in [0.25, 0.3) is 62.6 Å². The molecule has 0 N–H and O–H groups in total. The molecule has 76 heavy (non-hydrogen) atoms. The van der Waals surface area contributed by atoms with Crippen molar-refractivity contribution < 1.29 is 28.5 Å². The molecule has 0 saturated heterocycles. The van der Waals surface area contributed by atoms with Gasteiger partial charge < -0.3 is 18.9 Å². The minimum absolute atomic E-state index is 0.0629. The van der Waals surface area contributed by atoms with E-state index in [0.29, 0.717) is 47.7 Å². The van der Waals surface area contributed by atoms with Crippen molar-refractivity contribution in [3.63, 3.8) is 0 Å². The number of rotatable bonds is 19. The first-order chi connectivity index (χ1) is 37.0. The van der Waals surface area contributed by atoms with E-state index >= 15 is 0 Å². The number of hydrogen-bond donors (Lipinski definition) is 0. The van der Waals surface area contributed by atoms with Gasteiger partial charge in [0.2, 0.25) is 10.9 Å². The molecule has 0 spiro atoms. The fraction of sp³-hybridized carbons (Fsp3) is 0.212. The van der Waals surface area contributed by atoms with Crippen molar-refractivity contribution in [1.29, 1.82) is 0 Å². The lowest BCUT2D eigenvalue weighted by atomic mass is 10.0. The molecule has 0 bridgehead atoms. The summed E-state index contributed by atoms with van der Waals surface area (Å²) in [7, 11) is -0.805.